The molecule has 3 aromatic rings. The number of benzene rings is 3. The second-order valence-corrected chi connectivity index (χ2v) is 11.4. The van der Waals surface area contributed by atoms with Crippen LogP contribution in [-0.4, -0.2) is 6.15 Å². The van der Waals surface area contributed by atoms with E-state index in [2.05, 4.69) is 0 Å². The topological polar surface area (TPSA) is 0 Å². The average molecular weight is 822 g/mol. The maximum Gasteiger partial charge on any atom is 2.00 e. The molecule has 0 saturated heterocycles. The molecule has 0 N–H and O–H groups in total. The number of hydrogen-bond donors (Lipinski definition) is 0. The quantitative estimate of drug-likeness (QED) is 0.0615. The molecule has 2 aliphatic carbocycles. The van der Waals surface area contributed by atoms with Crippen LogP contribution < -0.4 is 16.4 Å². The Balaban J connectivity index is 0.000000699. The van der Waals surface area contributed by atoms with Gasteiger partial charge in [-0.2, -0.15) is 0 Å². The molecular weight excluding hydrogens is 795 g/mol. The molecule has 2 saturated carbocycles. The first-order valence-electron chi connectivity index (χ1n) is 15.2. The Morgan fingerprint density at radius 1 is 0.392 bits per heavy atom. The van der Waals surface area contributed by atoms with Crippen LogP contribution in [0.25, 0.3) is 0 Å². The zero-order chi connectivity index (χ0) is 37.7. The van der Waals surface area contributed by atoms with Crippen LogP contribution in [0.15, 0.2) is 5.47 Å². The van der Waals surface area contributed by atoms with E-state index in [9.17, 15) is 39.5 Å². The van der Waals surface area contributed by atoms with Crippen LogP contribution in [0.5, 0.6) is 0 Å². The van der Waals surface area contributed by atoms with Crippen molar-refractivity contribution in [3.63, 3.8) is 0 Å². The summed E-state index contributed by atoms with van der Waals surface area (Å²) in [6, 6.07) is 0. The molecule has 0 atom stereocenters. The fourth-order valence-electron chi connectivity index (χ4n) is 6.16. The molecular formula is C34H26BF15Zr. The summed E-state index contributed by atoms with van der Waals surface area (Å²) in [5.74, 6) is -42.6. The van der Waals surface area contributed by atoms with Crippen molar-refractivity contribution in [2.75, 3.05) is 0 Å². The number of halogens is 15. The van der Waals surface area contributed by atoms with Crippen molar-refractivity contribution < 1.29 is 92.1 Å². The number of hydrogen-bond acceptors (Lipinski definition) is 0. The van der Waals surface area contributed by atoms with Crippen LogP contribution in [0, 0.1) is 105 Å². The fourth-order valence-corrected chi connectivity index (χ4v) is 6.16. The summed E-state index contributed by atoms with van der Waals surface area (Å²) in [4.78, 5) is 0. The molecule has 5 rings (SSSR count). The van der Waals surface area contributed by atoms with E-state index < -0.39 is 115 Å². The minimum atomic E-state index is -5.86. The summed E-state index contributed by atoms with van der Waals surface area (Å²) in [6.45, 7) is 1.34. The molecule has 2 fully saturated rings. The summed E-state index contributed by atoms with van der Waals surface area (Å²) < 4.78 is 220. The molecule has 0 aromatic heterocycles. The largest absolute Gasteiger partial charge is 2.00 e. The zero-order valence-electron chi connectivity index (χ0n) is 26.8. The van der Waals surface area contributed by atoms with E-state index in [0.29, 0.717) is 6.92 Å². The van der Waals surface area contributed by atoms with Gasteiger partial charge in [-0.15, -0.1) is 23.3 Å². The third-order valence-corrected chi connectivity index (χ3v) is 8.49. The van der Waals surface area contributed by atoms with E-state index in [1.54, 1.807) is 12.0 Å². The van der Waals surface area contributed by atoms with Crippen molar-refractivity contribution in [1.29, 1.82) is 0 Å². The first-order chi connectivity index (χ1) is 23.5. The van der Waals surface area contributed by atoms with Crippen molar-refractivity contribution in [3.8, 4) is 11.8 Å². The van der Waals surface area contributed by atoms with Crippen LogP contribution in [0.1, 0.15) is 78.1 Å². The Morgan fingerprint density at radius 3 is 0.725 bits per heavy atom. The van der Waals surface area contributed by atoms with Gasteiger partial charge in [0.25, 0.3) is 0 Å². The average Bonchev–Trinajstić information content (AvgIpc) is 3.89. The summed E-state index contributed by atoms with van der Waals surface area (Å²) in [6.07, 6.45) is 10.9. The Hall–Kier alpha value is -3.14. The van der Waals surface area contributed by atoms with E-state index in [1.165, 1.54) is 64.2 Å². The van der Waals surface area contributed by atoms with Crippen molar-refractivity contribution in [2.45, 2.75) is 78.1 Å². The van der Waals surface area contributed by atoms with Crippen LogP contribution in [0.4, 0.5) is 65.9 Å². The Kier molecular flexibility index (Phi) is 16.0. The standard InChI is InChI=1S/C24H6BF15.2C5H10.Zr/c1-3-5-6(4-2)25(7-10(26)16(32)22(38)17(33)11(7)27,8-12(28)18(34)23(39)19(35)13(8)29)9-14(30)20(36)24(40)21(37)15(9)31;2*1-2-4-5-3-1;/h1-2H3;2*1-5H2;/q-2;;;+2. The Bertz CT molecular complexity index is 1580. The third kappa shape index (κ3) is 8.11. The van der Waals surface area contributed by atoms with Crippen molar-refractivity contribution >= 4 is 22.5 Å². The SMILES string of the molecule is C1CCCC1.C1CCCC1.CC#CC(=[C-]C)[B-](c1c(F)c(F)c(F)c(F)c1F)(c1c(F)c(F)c(F)c(F)c1F)c1c(F)c(F)c(F)c(F)c1F.[Zr+2]. The van der Waals surface area contributed by atoms with Crippen LogP contribution in [-0.2, 0) is 26.2 Å². The molecule has 17 heteroatoms. The van der Waals surface area contributed by atoms with Gasteiger partial charge in [-0.05, 0) is 6.92 Å². The summed E-state index contributed by atoms with van der Waals surface area (Å²) in [5, 5.41) is 0. The van der Waals surface area contributed by atoms with E-state index >= 15 is 26.3 Å². The smallest absolute Gasteiger partial charge is 0.344 e. The van der Waals surface area contributed by atoms with Gasteiger partial charge in [0.1, 0.15) is 41.0 Å². The summed E-state index contributed by atoms with van der Waals surface area (Å²) >= 11 is 0. The van der Waals surface area contributed by atoms with E-state index in [-0.39, 0.29) is 26.2 Å². The maximum absolute atomic E-state index is 15.3. The molecule has 0 spiro atoms. The summed E-state index contributed by atoms with van der Waals surface area (Å²) in [7, 11) is 0. The molecule has 0 radical (unpaired) electrons. The second-order valence-electron chi connectivity index (χ2n) is 11.4. The Morgan fingerprint density at radius 2 is 0.569 bits per heavy atom. The maximum atomic E-state index is 15.3. The molecule has 51 heavy (non-hydrogen) atoms. The van der Waals surface area contributed by atoms with E-state index in [1.807, 2.05) is 5.92 Å². The van der Waals surface area contributed by atoms with Gasteiger partial charge in [-0.3, -0.25) is 0 Å². The number of allylic oxidation sites excluding steroid dienone is 2. The van der Waals surface area contributed by atoms with E-state index in [0.717, 1.165) is 6.92 Å². The minimum absolute atomic E-state index is 0. The van der Waals surface area contributed by atoms with Gasteiger partial charge in [0, 0.05) is 0 Å². The third-order valence-electron chi connectivity index (χ3n) is 8.49. The predicted octanol–water partition coefficient (Wildman–Crippen LogP) is 9.45. The number of rotatable bonds is 4. The van der Waals surface area contributed by atoms with Crippen molar-refractivity contribution in [1.82, 2.24) is 0 Å². The van der Waals surface area contributed by atoms with Crippen LogP contribution in [0.2, 0.25) is 0 Å². The first-order valence-corrected chi connectivity index (χ1v) is 15.2. The monoisotopic (exact) mass is 820 g/mol. The van der Waals surface area contributed by atoms with Gasteiger partial charge in [0.15, 0.2) is 52.4 Å². The molecule has 0 nitrogen and oxygen atoms in total. The molecule has 0 aliphatic heterocycles. The molecule has 274 valence electrons. The van der Waals surface area contributed by atoms with Gasteiger partial charge in [-0.25, -0.2) is 71.8 Å². The summed E-state index contributed by atoms with van der Waals surface area (Å²) in [5.41, 5.74) is -9.96. The molecule has 0 unspecified atom stereocenters. The van der Waals surface area contributed by atoms with Gasteiger partial charge in [0.2, 0.25) is 0 Å². The van der Waals surface area contributed by atoms with Crippen LogP contribution in [0.3, 0.4) is 0 Å². The molecule has 2 aliphatic rings. The van der Waals surface area contributed by atoms with Gasteiger partial charge >= 0.3 is 26.2 Å². The van der Waals surface area contributed by atoms with Gasteiger partial charge in [-0.1, -0.05) is 64.2 Å². The van der Waals surface area contributed by atoms with Crippen molar-refractivity contribution in [2.24, 2.45) is 0 Å². The van der Waals surface area contributed by atoms with Gasteiger partial charge in [0.05, 0.1) is 0 Å². The first kappa shape index (κ1) is 44.0. The normalized spacial score (nSPS) is 14.2. The van der Waals surface area contributed by atoms with Crippen molar-refractivity contribution in [3.05, 3.63) is 98.8 Å². The molecule has 0 bridgehead atoms. The molecule has 3 aromatic carbocycles. The van der Waals surface area contributed by atoms with Gasteiger partial charge < -0.3 is 17.5 Å². The second kappa shape index (κ2) is 18.6. The molecule has 0 amide bonds. The van der Waals surface area contributed by atoms with Crippen LogP contribution >= 0.6 is 0 Å². The zero-order valence-corrected chi connectivity index (χ0v) is 29.3. The fraction of sp³-hybridized carbons (Fsp3) is 0.353. The van der Waals surface area contributed by atoms with E-state index in [4.69, 9.17) is 0 Å². The minimum Gasteiger partial charge on any atom is -0.344 e. The Labute approximate surface area is 302 Å². The predicted molar refractivity (Wildman–Crippen MR) is 155 cm³/mol. The molecule has 0 heterocycles.